The first kappa shape index (κ1) is 9.81. The van der Waals surface area contributed by atoms with Gasteiger partial charge in [0.05, 0.1) is 12.1 Å². The maximum atomic E-state index is 5.86. The number of nitrogens with two attached hydrogens (primary N) is 1. The summed E-state index contributed by atoms with van der Waals surface area (Å²) in [6.07, 6.45) is 2.49. The van der Waals surface area contributed by atoms with Crippen molar-refractivity contribution in [2.24, 2.45) is 22.1 Å². The van der Waals surface area contributed by atoms with Gasteiger partial charge in [0.2, 0.25) is 0 Å². The molecule has 2 aliphatic rings. The Bertz CT molecular complexity index is 282. The fourth-order valence-corrected chi connectivity index (χ4v) is 3.41. The maximum Gasteiger partial charge on any atom is 0.191 e. The van der Waals surface area contributed by atoms with Crippen LogP contribution < -0.4 is 5.73 Å². The molecular formula is C11H21N3. The van der Waals surface area contributed by atoms with Gasteiger partial charge in [-0.05, 0) is 24.2 Å². The summed E-state index contributed by atoms with van der Waals surface area (Å²) < 4.78 is 0. The van der Waals surface area contributed by atoms with Crippen molar-refractivity contribution < 1.29 is 0 Å². The molecule has 80 valence electrons. The molecule has 1 heterocycles. The normalized spacial score (nSPS) is 40.7. The summed E-state index contributed by atoms with van der Waals surface area (Å²) in [6.45, 7) is 7.92. The van der Waals surface area contributed by atoms with Gasteiger partial charge < -0.3 is 10.6 Å². The Kier molecular flexibility index (Phi) is 1.85. The third-order valence-corrected chi connectivity index (χ3v) is 4.09. The number of hydrogen-bond acceptors (Lipinski definition) is 3. The van der Waals surface area contributed by atoms with Gasteiger partial charge in [-0.3, -0.25) is 4.99 Å². The van der Waals surface area contributed by atoms with E-state index in [0.717, 1.165) is 12.5 Å². The fourth-order valence-electron chi connectivity index (χ4n) is 3.41. The quantitative estimate of drug-likeness (QED) is 0.635. The smallest absolute Gasteiger partial charge is 0.191 e. The summed E-state index contributed by atoms with van der Waals surface area (Å²) >= 11 is 0. The van der Waals surface area contributed by atoms with E-state index in [2.05, 4.69) is 37.7 Å². The highest BCUT2D eigenvalue weighted by molar-refractivity contribution is 5.80. The maximum absolute atomic E-state index is 5.86. The van der Waals surface area contributed by atoms with Crippen molar-refractivity contribution >= 4 is 5.96 Å². The van der Waals surface area contributed by atoms with Gasteiger partial charge in [0.25, 0.3) is 0 Å². The van der Waals surface area contributed by atoms with Crippen molar-refractivity contribution in [1.29, 1.82) is 0 Å². The molecule has 2 N–H and O–H groups in total. The molecule has 0 aromatic carbocycles. The first-order valence-corrected chi connectivity index (χ1v) is 5.41. The molecule has 1 spiro atoms. The summed E-state index contributed by atoms with van der Waals surface area (Å²) in [5.74, 6) is 1.40. The van der Waals surface area contributed by atoms with Gasteiger partial charge >= 0.3 is 0 Å². The minimum Gasteiger partial charge on any atom is -0.370 e. The van der Waals surface area contributed by atoms with E-state index in [0.29, 0.717) is 11.3 Å². The van der Waals surface area contributed by atoms with E-state index in [1.165, 1.54) is 12.8 Å². The second kappa shape index (κ2) is 2.65. The monoisotopic (exact) mass is 195 g/mol. The molecule has 3 heteroatoms. The molecule has 1 fully saturated rings. The molecule has 2 rings (SSSR count). The lowest BCUT2D eigenvalue weighted by Crippen LogP contribution is -2.51. The Balaban J connectivity index is 2.27. The van der Waals surface area contributed by atoms with E-state index >= 15 is 0 Å². The molecule has 2 unspecified atom stereocenters. The Morgan fingerprint density at radius 3 is 2.50 bits per heavy atom. The van der Waals surface area contributed by atoms with E-state index < -0.39 is 0 Å². The van der Waals surface area contributed by atoms with Crippen molar-refractivity contribution in [3.8, 4) is 0 Å². The van der Waals surface area contributed by atoms with Crippen LogP contribution in [-0.4, -0.2) is 30.0 Å². The minimum absolute atomic E-state index is 0.216. The van der Waals surface area contributed by atoms with E-state index in [1.807, 2.05) is 0 Å². The molecule has 3 nitrogen and oxygen atoms in total. The van der Waals surface area contributed by atoms with Crippen LogP contribution in [-0.2, 0) is 0 Å². The zero-order chi connectivity index (χ0) is 10.6. The van der Waals surface area contributed by atoms with Crippen LogP contribution in [0.15, 0.2) is 4.99 Å². The lowest BCUT2D eigenvalue weighted by molar-refractivity contribution is 0.176. The van der Waals surface area contributed by atoms with E-state index in [-0.39, 0.29) is 5.54 Å². The summed E-state index contributed by atoms with van der Waals surface area (Å²) in [5.41, 5.74) is 6.51. The van der Waals surface area contributed by atoms with Gasteiger partial charge in [-0.25, -0.2) is 0 Å². The number of rotatable bonds is 0. The summed E-state index contributed by atoms with van der Waals surface area (Å²) in [6, 6.07) is 0. The average Bonchev–Trinajstić information content (AvgIpc) is 2.45. The lowest BCUT2D eigenvalue weighted by Gasteiger charge is -2.37. The van der Waals surface area contributed by atoms with Crippen molar-refractivity contribution in [2.75, 3.05) is 13.6 Å². The molecule has 1 saturated carbocycles. The van der Waals surface area contributed by atoms with Crippen LogP contribution in [0.1, 0.15) is 33.6 Å². The topological polar surface area (TPSA) is 41.6 Å². The number of hydrogen-bond donors (Lipinski definition) is 1. The molecule has 14 heavy (non-hydrogen) atoms. The van der Waals surface area contributed by atoms with E-state index in [4.69, 9.17) is 5.73 Å². The molecular weight excluding hydrogens is 174 g/mol. The van der Waals surface area contributed by atoms with Gasteiger partial charge in [-0.1, -0.05) is 20.8 Å². The highest BCUT2D eigenvalue weighted by Crippen LogP contribution is 2.51. The Labute approximate surface area is 86.4 Å². The SMILES string of the molecule is CC1CC(C)(C)CC12CN=C(N)N2C. The second-order valence-electron chi connectivity index (χ2n) is 5.78. The molecule has 0 aromatic heterocycles. The number of likely N-dealkylation sites (N-methyl/N-ethyl adjacent to an activating group) is 1. The zero-order valence-electron chi connectivity index (χ0n) is 9.67. The predicted octanol–water partition coefficient (Wildman–Crippen LogP) is 1.44. The van der Waals surface area contributed by atoms with Gasteiger partial charge in [0.1, 0.15) is 0 Å². The van der Waals surface area contributed by atoms with E-state index in [1.54, 1.807) is 0 Å². The van der Waals surface area contributed by atoms with Crippen LogP contribution in [0.3, 0.4) is 0 Å². The predicted molar refractivity (Wildman–Crippen MR) is 59.2 cm³/mol. The van der Waals surface area contributed by atoms with Crippen LogP contribution in [0.4, 0.5) is 0 Å². The first-order chi connectivity index (χ1) is 6.37. The summed E-state index contributed by atoms with van der Waals surface area (Å²) in [7, 11) is 2.09. The third kappa shape index (κ3) is 1.14. The van der Waals surface area contributed by atoms with Gasteiger partial charge in [-0.2, -0.15) is 0 Å². The highest BCUT2D eigenvalue weighted by atomic mass is 15.3. The molecule has 2 atom stereocenters. The van der Waals surface area contributed by atoms with Crippen LogP contribution in [0.25, 0.3) is 0 Å². The van der Waals surface area contributed by atoms with Crippen molar-refractivity contribution in [1.82, 2.24) is 4.90 Å². The molecule has 0 saturated heterocycles. The molecule has 1 aliphatic heterocycles. The summed E-state index contributed by atoms with van der Waals surface area (Å²) in [5, 5.41) is 0. The number of aliphatic imine (C=N–C) groups is 1. The average molecular weight is 195 g/mol. The lowest BCUT2D eigenvalue weighted by atomic mass is 9.86. The molecule has 0 radical (unpaired) electrons. The standard InChI is InChI=1S/C11H21N3/c1-8-5-10(2,3)6-11(8)7-13-9(12)14(11)4/h8H,5-7H2,1-4H3,(H2,12,13). The van der Waals surface area contributed by atoms with Crippen LogP contribution in [0, 0.1) is 11.3 Å². The van der Waals surface area contributed by atoms with E-state index in [9.17, 15) is 0 Å². The molecule has 1 aliphatic carbocycles. The fraction of sp³-hybridized carbons (Fsp3) is 0.909. The van der Waals surface area contributed by atoms with Gasteiger partial charge in [0.15, 0.2) is 5.96 Å². The zero-order valence-corrected chi connectivity index (χ0v) is 9.67. The van der Waals surface area contributed by atoms with Crippen LogP contribution in [0.5, 0.6) is 0 Å². The largest absolute Gasteiger partial charge is 0.370 e. The molecule has 0 bridgehead atoms. The molecule has 0 aromatic rings. The third-order valence-electron chi connectivity index (χ3n) is 4.09. The van der Waals surface area contributed by atoms with Crippen molar-refractivity contribution in [2.45, 2.75) is 39.2 Å². The Hall–Kier alpha value is -0.730. The van der Waals surface area contributed by atoms with Crippen molar-refractivity contribution in [3.05, 3.63) is 0 Å². The van der Waals surface area contributed by atoms with Crippen LogP contribution >= 0.6 is 0 Å². The first-order valence-electron chi connectivity index (χ1n) is 5.41. The molecule has 0 amide bonds. The number of guanidine groups is 1. The van der Waals surface area contributed by atoms with Crippen LogP contribution in [0.2, 0.25) is 0 Å². The second-order valence-corrected chi connectivity index (χ2v) is 5.78. The van der Waals surface area contributed by atoms with Gasteiger partial charge in [-0.15, -0.1) is 0 Å². The number of nitrogens with zero attached hydrogens (tertiary/aromatic N) is 2. The summed E-state index contributed by atoms with van der Waals surface area (Å²) in [4.78, 5) is 6.59. The Morgan fingerprint density at radius 2 is 2.14 bits per heavy atom. The Morgan fingerprint density at radius 1 is 1.50 bits per heavy atom. The minimum atomic E-state index is 0.216. The highest BCUT2D eigenvalue weighted by Gasteiger charge is 2.53. The van der Waals surface area contributed by atoms with Crippen molar-refractivity contribution in [3.63, 3.8) is 0 Å². The van der Waals surface area contributed by atoms with Gasteiger partial charge in [0, 0.05) is 7.05 Å².